The number of aryl methyl sites for hydroxylation is 2. The zero-order valence-electron chi connectivity index (χ0n) is 10.1. The van der Waals surface area contributed by atoms with Crippen LogP contribution >= 0.6 is 11.6 Å². The second kappa shape index (κ2) is 4.82. The molecule has 0 aliphatic carbocycles. The van der Waals surface area contributed by atoms with Gasteiger partial charge in [-0.05, 0) is 19.9 Å². The van der Waals surface area contributed by atoms with Crippen molar-refractivity contribution in [2.45, 2.75) is 20.4 Å². The van der Waals surface area contributed by atoms with E-state index in [4.69, 9.17) is 16.7 Å². The van der Waals surface area contributed by atoms with Gasteiger partial charge in [0.25, 0.3) is 0 Å². The molecule has 2 rings (SSSR count). The van der Waals surface area contributed by atoms with E-state index in [-0.39, 0.29) is 10.7 Å². The van der Waals surface area contributed by atoms with Crippen LogP contribution in [0.4, 0.5) is 0 Å². The van der Waals surface area contributed by atoms with E-state index in [0.29, 0.717) is 12.2 Å². The molecule has 0 atom stereocenters. The third-order valence-electron chi connectivity index (χ3n) is 2.69. The number of carboxylic acids is 1. The van der Waals surface area contributed by atoms with E-state index in [1.165, 1.54) is 0 Å². The van der Waals surface area contributed by atoms with Crippen molar-refractivity contribution < 1.29 is 9.90 Å². The van der Waals surface area contributed by atoms with Crippen LogP contribution in [0.1, 0.15) is 23.0 Å². The van der Waals surface area contributed by atoms with Crippen molar-refractivity contribution >= 4 is 17.6 Å². The van der Waals surface area contributed by atoms with Gasteiger partial charge < -0.3 is 5.11 Å². The highest BCUT2D eigenvalue weighted by atomic mass is 35.5. The summed E-state index contributed by atoms with van der Waals surface area (Å²) in [7, 11) is 0. The van der Waals surface area contributed by atoms with Crippen LogP contribution in [0.2, 0.25) is 5.02 Å². The number of carbonyl (C=O) groups is 1. The fraction of sp³-hybridized carbons (Fsp3) is 0.231. The average molecular weight is 265 g/mol. The van der Waals surface area contributed by atoms with Gasteiger partial charge in [-0.1, -0.05) is 35.4 Å². The number of nitrogens with zero attached hydrogens (tertiary/aromatic N) is 2. The van der Waals surface area contributed by atoms with Gasteiger partial charge in [0, 0.05) is 12.1 Å². The monoisotopic (exact) mass is 264 g/mol. The number of hydrogen-bond acceptors (Lipinski definition) is 2. The van der Waals surface area contributed by atoms with Gasteiger partial charge >= 0.3 is 5.97 Å². The maximum absolute atomic E-state index is 11.0. The Morgan fingerprint density at radius 2 is 2.22 bits per heavy atom. The number of rotatable bonds is 3. The number of benzene rings is 1. The van der Waals surface area contributed by atoms with Crippen LogP contribution < -0.4 is 0 Å². The molecule has 0 bridgehead atoms. The molecular weight excluding hydrogens is 252 g/mol. The van der Waals surface area contributed by atoms with Gasteiger partial charge in [-0.25, -0.2) is 4.79 Å². The zero-order chi connectivity index (χ0) is 13.3. The molecule has 94 valence electrons. The van der Waals surface area contributed by atoms with Crippen molar-refractivity contribution in [3.8, 4) is 11.3 Å². The number of hydrogen-bond donors (Lipinski definition) is 1. The molecule has 1 N–H and O–H groups in total. The van der Waals surface area contributed by atoms with E-state index in [1.807, 2.05) is 38.1 Å². The molecule has 4 nitrogen and oxygen atoms in total. The highest BCUT2D eigenvalue weighted by Crippen LogP contribution is 2.31. The molecule has 0 fully saturated rings. The molecule has 0 saturated carbocycles. The summed E-state index contributed by atoms with van der Waals surface area (Å²) in [5.41, 5.74) is 2.52. The molecule has 0 radical (unpaired) electrons. The highest BCUT2D eigenvalue weighted by molar-refractivity contribution is 6.35. The van der Waals surface area contributed by atoms with Crippen molar-refractivity contribution in [3.63, 3.8) is 0 Å². The lowest BCUT2D eigenvalue weighted by Crippen LogP contribution is -2.02. The molecule has 2 aromatic rings. The lowest BCUT2D eigenvalue weighted by atomic mass is 10.1. The van der Waals surface area contributed by atoms with Crippen LogP contribution in [0.15, 0.2) is 24.3 Å². The first-order valence-electron chi connectivity index (χ1n) is 5.61. The SMILES string of the molecule is CCn1nc(C(=O)O)c(Cl)c1-c1cccc(C)c1. The molecular formula is C13H13ClN2O2. The minimum absolute atomic E-state index is 0.102. The Morgan fingerprint density at radius 1 is 1.50 bits per heavy atom. The van der Waals surface area contributed by atoms with Gasteiger partial charge in [-0.3, -0.25) is 4.68 Å². The normalized spacial score (nSPS) is 10.6. The second-order valence-corrected chi connectivity index (χ2v) is 4.38. The van der Waals surface area contributed by atoms with Crippen molar-refractivity contribution in [2.24, 2.45) is 0 Å². The minimum atomic E-state index is -1.11. The first kappa shape index (κ1) is 12.6. The predicted molar refractivity (Wildman–Crippen MR) is 70.0 cm³/mol. The van der Waals surface area contributed by atoms with Gasteiger partial charge in [0.05, 0.1) is 5.69 Å². The van der Waals surface area contributed by atoms with Crippen molar-refractivity contribution in [1.82, 2.24) is 9.78 Å². The van der Waals surface area contributed by atoms with Gasteiger partial charge in [-0.2, -0.15) is 5.10 Å². The molecule has 0 spiro atoms. The summed E-state index contributed by atoms with van der Waals surface area (Å²) < 4.78 is 1.61. The molecule has 1 aromatic heterocycles. The summed E-state index contributed by atoms with van der Waals surface area (Å²) in [6.07, 6.45) is 0. The summed E-state index contributed by atoms with van der Waals surface area (Å²) in [6.45, 7) is 4.44. The summed E-state index contributed by atoms with van der Waals surface area (Å²) in [4.78, 5) is 11.0. The fourth-order valence-corrected chi connectivity index (χ4v) is 2.20. The Kier molecular flexibility index (Phi) is 3.39. The first-order chi connectivity index (χ1) is 8.54. The molecule has 0 saturated heterocycles. The van der Waals surface area contributed by atoms with Crippen molar-refractivity contribution in [1.29, 1.82) is 0 Å². The topological polar surface area (TPSA) is 55.1 Å². The number of aromatic nitrogens is 2. The van der Waals surface area contributed by atoms with Crippen molar-refractivity contribution in [3.05, 3.63) is 40.5 Å². The largest absolute Gasteiger partial charge is 0.476 e. The fourth-order valence-electron chi connectivity index (χ4n) is 1.87. The van der Waals surface area contributed by atoms with E-state index in [0.717, 1.165) is 11.1 Å². The van der Waals surface area contributed by atoms with Crippen molar-refractivity contribution in [2.75, 3.05) is 0 Å². The number of halogens is 1. The molecule has 0 aliphatic heterocycles. The zero-order valence-corrected chi connectivity index (χ0v) is 10.9. The molecule has 0 unspecified atom stereocenters. The van der Waals surface area contributed by atoms with E-state index >= 15 is 0 Å². The standard InChI is InChI=1S/C13H13ClN2O2/c1-3-16-12(9-6-4-5-8(2)7-9)10(14)11(15-16)13(17)18/h4-7H,3H2,1-2H3,(H,17,18). The Balaban J connectivity index is 2.66. The van der Waals surface area contributed by atoms with Crippen LogP contribution in [-0.2, 0) is 6.54 Å². The predicted octanol–water partition coefficient (Wildman–Crippen LogP) is 3.23. The highest BCUT2D eigenvalue weighted by Gasteiger charge is 2.21. The quantitative estimate of drug-likeness (QED) is 0.926. The Morgan fingerprint density at radius 3 is 2.78 bits per heavy atom. The lowest BCUT2D eigenvalue weighted by molar-refractivity contribution is 0.0689. The maximum Gasteiger partial charge on any atom is 0.358 e. The summed E-state index contributed by atoms with van der Waals surface area (Å²) in [5, 5.41) is 13.2. The molecule has 18 heavy (non-hydrogen) atoms. The van der Waals surface area contributed by atoms with E-state index in [9.17, 15) is 4.79 Å². The Labute approximate surface area is 110 Å². The summed E-state index contributed by atoms with van der Waals surface area (Å²) in [6, 6.07) is 7.74. The molecule has 1 heterocycles. The minimum Gasteiger partial charge on any atom is -0.476 e. The smallest absolute Gasteiger partial charge is 0.358 e. The van der Waals surface area contributed by atoms with Crippen LogP contribution in [0, 0.1) is 6.92 Å². The third-order valence-corrected chi connectivity index (χ3v) is 3.05. The third kappa shape index (κ3) is 2.11. The molecule has 0 aliphatic rings. The number of aromatic carboxylic acids is 1. The van der Waals surface area contributed by atoms with E-state index in [1.54, 1.807) is 4.68 Å². The molecule has 0 amide bonds. The van der Waals surface area contributed by atoms with Gasteiger partial charge in [-0.15, -0.1) is 0 Å². The lowest BCUT2D eigenvalue weighted by Gasteiger charge is -2.06. The van der Waals surface area contributed by atoms with Crippen LogP contribution in [0.3, 0.4) is 0 Å². The van der Waals surface area contributed by atoms with E-state index < -0.39 is 5.97 Å². The first-order valence-corrected chi connectivity index (χ1v) is 5.99. The van der Waals surface area contributed by atoms with Crippen LogP contribution in [-0.4, -0.2) is 20.9 Å². The summed E-state index contributed by atoms with van der Waals surface area (Å²) in [5.74, 6) is -1.11. The summed E-state index contributed by atoms with van der Waals surface area (Å²) >= 11 is 6.13. The number of carboxylic acid groups (broad SMARTS) is 1. The Bertz CT molecular complexity index is 605. The van der Waals surface area contributed by atoms with E-state index in [2.05, 4.69) is 5.10 Å². The van der Waals surface area contributed by atoms with Gasteiger partial charge in [0.15, 0.2) is 5.69 Å². The average Bonchev–Trinajstić information content (AvgIpc) is 2.66. The van der Waals surface area contributed by atoms with Gasteiger partial charge in [0.1, 0.15) is 5.02 Å². The molecule has 5 heteroatoms. The van der Waals surface area contributed by atoms with Crippen LogP contribution in [0.5, 0.6) is 0 Å². The second-order valence-electron chi connectivity index (χ2n) is 4.00. The maximum atomic E-state index is 11.0. The Hall–Kier alpha value is -1.81. The van der Waals surface area contributed by atoms with Gasteiger partial charge in [0.2, 0.25) is 0 Å². The molecule has 1 aromatic carbocycles. The van der Waals surface area contributed by atoms with Crippen LogP contribution in [0.25, 0.3) is 11.3 Å².